The Balaban J connectivity index is 1.14. The molecule has 26 heavy (non-hydrogen) atoms. The molecule has 0 aromatic carbocycles. The third-order valence-electron chi connectivity index (χ3n) is 5.24. The van der Waals surface area contributed by atoms with Gasteiger partial charge < -0.3 is 18.9 Å². The summed E-state index contributed by atoms with van der Waals surface area (Å²) in [7, 11) is 0. The molecule has 2 aliphatic rings. The maximum atomic E-state index is 5.56. The minimum Gasteiger partial charge on any atom is -0.379 e. The Morgan fingerprint density at radius 1 is 0.462 bits per heavy atom. The maximum absolute atomic E-state index is 5.56. The lowest BCUT2D eigenvalue weighted by Crippen LogP contribution is -2.02. The van der Waals surface area contributed by atoms with Gasteiger partial charge in [-0.25, -0.2) is 0 Å². The summed E-state index contributed by atoms with van der Waals surface area (Å²) < 4.78 is 21.4. The molecule has 0 aromatic heterocycles. The Labute approximate surface area is 161 Å². The average Bonchev–Trinajstić information content (AvgIpc) is 3.54. The maximum Gasteiger partial charge on any atom is 0.104 e. The molecule has 2 atom stereocenters. The second kappa shape index (κ2) is 15.9. The predicted octanol–water partition coefficient (Wildman–Crippen LogP) is 5.28. The van der Waals surface area contributed by atoms with E-state index >= 15 is 0 Å². The van der Waals surface area contributed by atoms with Crippen LogP contribution in [-0.2, 0) is 18.9 Å². The first-order valence-corrected chi connectivity index (χ1v) is 11.3. The summed E-state index contributed by atoms with van der Waals surface area (Å²) in [6.07, 6.45) is 20.0. The highest BCUT2D eigenvalue weighted by atomic mass is 16.6. The van der Waals surface area contributed by atoms with Crippen molar-refractivity contribution in [1.82, 2.24) is 0 Å². The van der Waals surface area contributed by atoms with E-state index < -0.39 is 0 Å². The van der Waals surface area contributed by atoms with Gasteiger partial charge in [0, 0.05) is 13.2 Å². The Hall–Kier alpha value is -0.160. The van der Waals surface area contributed by atoms with Crippen molar-refractivity contribution in [3.05, 3.63) is 0 Å². The zero-order chi connectivity index (χ0) is 18.1. The van der Waals surface area contributed by atoms with Crippen molar-refractivity contribution in [2.45, 2.75) is 102 Å². The van der Waals surface area contributed by atoms with Gasteiger partial charge in [-0.05, 0) is 12.8 Å². The van der Waals surface area contributed by atoms with Crippen molar-refractivity contribution in [1.29, 1.82) is 0 Å². The fourth-order valence-electron chi connectivity index (χ4n) is 3.29. The summed E-state index contributed by atoms with van der Waals surface area (Å²) in [4.78, 5) is 0. The van der Waals surface area contributed by atoms with E-state index in [1.54, 1.807) is 0 Å². The first-order chi connectivity index (χ1) is 12.9. The summed E-state index contributed by atoms with van der Waals surface area (Å²) in [5, 5.41) is 0. The molecule has 0 N–H and O–H groups in total. The van der Waals surface area contributed by atoms with E-state index in [4.69, 9.17) is 18.9 Å². The van der Waals surface area contributed by atoms with Crippen LogP contribution >= 0.6 is 0 Å². The smallest absolute Gasteiger partial charge is 0.104 e. The first kappa shape index (κ1) is 22.1. The molecule has 2 saturated heterocycles. The fraction of sp³-hybridized carbons (Fsp3) is 1.00. The second-order valence-electron chi connectivity index (χ2n) is 8.01. The summed E-state index contributed by atoms with van der Waals surface area (Å²) in [6, 6.07) is 0. The molecule has 0 aliphatic carbocycles. The molecule has 0 saturated carbocycles. The second-order valence-corrected chi connectivity index (χ2v) is 8.01. The van der Waals surface area contributed by atoms with Crippen molar-refractivity contribution >= 4 is 0 Å². The Kier molecular flexibility index (Phi) is 13.5. The minimum atomic E-state index is 0.419. The molecule has 154 valence electrons. The van der Waals surface area contributed by atoms with Crippen LogP contribution in [0.15, 0.2) is 0 Å². The Morgan fingerprint density at radius 3 is 1.00 bits per heavy atom. The average molecular weight is 371 g/mol. The van der Waals surface area contributed by atoms with Crippen molar-refractivity contribution in [2.24, 2.45) is 0 Å². The van der Waals surface area contributed by atoms with E-state index in [0.29, 0.717) is 12.2 Å². The zero-order valence-electron chi connectivity index (χ0n) is 16.9. The largest absolute Gasteiger partial charge is 0.379 e. The number of epoxide rings is 2. The quantitative estimate of drug-likeness (QED) is 0.204. The van der Waals surface area contributed by atoms with E-state index in [0.717, 1.165) is 39.6 Å². The first-order valence-electron chi connectivity index (χ1n) is 11.3. The van der Waals surface area contributed by atoms with Gasteiger partial charge in [0.15, 0.2) is 0 Å². The predicted molar refractivity (Wildman–Crippen MR) is 106 cm³/mol. The van der Waals surface area contributed by atoms with Crippen molar-refractivity contribution in [3.8, 4) is 0 Å². The van der Waals surface area contributed by atoms with Crippen molar-refractivity contribution in [3.63, 3.8) is 0 Å². The number of rotatable bonds is 21. The molecule has 0 unspecified atom stereocenters. The molecular weight excluding hydrogens is 328 g/mol. The molecule has 4 nitrogen and oxygen atoms in total. The van der Waals surface area contributed by atoms with E-state index in [9.17, 15) is 0 Å². The summed E-state index contributed by atoms with van der Waals surface area (Å²) in [5.74, 6) is 0. The van der Waals surface area contributed by atoms with Gasteiger partial charge in [0.2, 0.25) is 0 Å². The van der Waals surface area contributed by atoms with Crippen LogP contribution < -0.4 is 0 Å². The minimum absolute atomic E-state index is 0.419. The van der Waals surface area contributed by atoms with Crippen LogP contribution in [0, 0.1) is 0 Å². The summed E-state index contributed by atoms with van der Waals surface area (Å²) in [5.41, 5.74) is 0. The number of ether oxygens (including phenoxy) is 4. The van der Waals surface area contributed by atoms with Gasteiger partial charge in [0.1, 0.15) is 12.2 Å². The van der Waals surface area contributed by atoms with Crippen LogP contribution in [0.5, 0.6) is 0 Å². The highest BCUT2D eigenvalue weighted by Gasteiger charge is 2.22. The monoisotopic (exact) mass is 370 g/mol. The molecule has 2 fully saturated rings. The van der Waals surface area contributed by atoms with Crippen LogP contribution in [0.1, 0.15) is 89.9 Å². The van der Waals surface area contributed by atoms with Crippen LogP contribution in [0.25, 0.3) is 0 Å². The molecule has 0 bridgehead atoms. The van der Waals surface area contributed by atoms with Crippen LogP contribution in [-0.4, -0.2) is 51.8 Å². The standard InChI is InChI=1S/C22H42O4/c1(3-5-7-9-11-13-15-23-17-21-19-25-21)2-4-6-8-10-12-14-16-24-18-22-20-26-22/h21-22H,1-20H2/t21-,22-/m0/s1. The van der Waals surface area contributed by atoms with Gasteiger partial charge in [0.05, 0.1) is 26.4 Å². The van der Waals surface area contributed by atoms with Gasteiger partial charge in [-0.1, -0.05) is 77.0 Å². The highest BCUT2D eigenvalue weighted by molar-refractivity contribution is 4.67. The topological polar surface area (TPSA) is 43.5 Å². The lowest BCUT2D eigenvalue weighted by atomic mass is 10.0. The van der Waals surface area contributed by atoms with E-state index in [2.05, 4.69) is 0 Å². The molecule has 4 heteroatoms. The normalized spacial score (nSPS) is 21.2. The van der Waals surface area contributed by atoms with E-state index in [1.165, 1.54) is 89.9 Å². The Morgan fingerprint density at radius 2 is 0.731 bits per heavy atom. The lowest BCUT2D eigenvalue weighted by molar-refractivity contribution is 0.113. The molecule has 0 radical (unpaired) electrons. The molecule has 2 rings (SSSR count). The number of hydrogen-bond donors (Lipinski definition) is 0. The van der Waals surface area contributed by atoms with Gasteiger partial charge >= 0.3 is 0 Å². The van der Waals surface area contributed by atoms with Crippen LogP contribution in [0.2, 0.25) is 0 Å². The zero-order valence-corrected chi connectivity index (χ0v) is 16.9. The molecule has 0 amide bonds. The fourth-order valence-corrected chi connectivity index (χ4v) is 3.29. The summed E-state index contributed by atoms with van der Waals surface area (Å²) >= 11 is 0. The van der Waals surface area contributed by atoms with Gasteiger partial charge in [-0.2, -0.15) is 0 Å². The molecular formula is C22H42O4. The van der Waals surface area contributed by atoms with Gasteiger partial charge in [-0.15, -0.1) is 0 Å². The van der Waals surface area contributed by atoms with Crippen molar-refractivity contribution in [2.75, 3.05) is 39.6 Å². The van der Waals surface area contributed by atoms with Gasteiger partial charge in [-0.3, -0.25) is 0 Å². The lowest BCUT2D eigenvalue weighted by Gasteiger charge is -2.04. The van der Waals surface area contributed by atoms with E-state index in [-0.39, 0.29) is 0 Å². The highest BCUT2D eigenvalue weighted by Crippen LogP contribution is 2.14. The number of hydrogen-bond acceptors (Lipinski definition) is 4. The van der Waals surface area contributed by atoms with Crippen LogP contribution in [0.3, 0.4) is 0 Å². The van der Waals surface area contributed by atoms with E-state index in [1.807, 2.05) is 0 Å². The third-order valence-corrected chi connectivity index (χ3v) is 5.24. The number of unbranched alkanes of at least 4 members (excludes halogenated alkanes) is 13. The SMILES string of the molecule is C(CCCCCCCCOC[C@H]1CO1)CCCCCCCOC[C@H]1CO1. The molecule has 2 aliphatic heterocycles. The molecule has 0 spiro atoms. The molecule has 2 heterocycles. The van der Waals surface area contributed by atoms with Crippen LogP contribution in [0.4, 0.5) is 0 Å². The van der Waals surface area contributed by atoms with Gasteiger partial charge in [0.25, 0.3) is 0 Å². The summed E-state index contributed by atoms with van der Waals surface area (Å²) in [6.45, 7) is 5.28. The van der Waals surface area contributed by atoms with Crippen molar-refractivity contribution < 1.29 is 18.9 Å². The third kappa shape index (κ3) is 15.0. The Bertz CT molecular complexity index is 273. The molecule has 0 aromatic rings.